The lowest BCUT2D eigenvalue weighted by molar-refractivity contribution is -0.274. The zero-order valence-corrected chi connectivity index (χ0v) is 11.4. The van der Waals surface area contributed by atoms with Gasteiger partial charge in [0, 0.05) is 18.7 Å². The first kappa shape index (κ1) is 17.3. The number of nitriles is 2. The summed E-state index contributed by atoms with van der Waals surface area (Å²) < 4.78 is 39.9. The third-order valence-electron chi connectivity index (χ3n) is 2.61. The summed E-state index contributed by atoms with van der Waals surface area (Å²) >= 11 is 0. The molecular formula is C14H12F3N3O2. The molecule has 0 aliphatic carbocycles. The molecule has 0 spiro atoms. The van der Waals surface area contributed by atoms with Gasteiger partial charge in [0.25, 0.3) is 5.91 Å². The highest BCUT2D eigenvalue weighted by atomic mass is 19.4. The zero-order chi connectivity index (χ0) is 16.6. The van der Waals surface area contributed by atoms with Crippen LogP contribution in [0.4, 0.5) is 13.2 Å². The maximum atomic E-state index is 12.2. The van der Waals surface area contributed by atoms with E-state index in [1.165, 1.54) is 17.0 Å². The summed E-state index contributed by atoms with van der Waals surface area (Å²) in [5.74, 6) is -0.881. The number of hydrogen-bond acceptors (Lipinski definition) is 4. The minimum atomic E-state index is -4.79. The SMILES string of the molecule is N#CCCN(CCC#N)C(=O)c1ccc(OC(F)(F)F)cc1. The first-order valence-corrected chi connectivity index (χ1v) is 6.26. The number of alkyl halides is 3. The summed E-state index contributed by atoms with van der Waals surface area (Å²) in [6, 6.07) is 8.27. The molecule has 0 atom stereocenters. The van der Waals surface area contributed by atoms with Gasteiger partial charge < -0.3 is 9.64 Å². The molecule has 0 fully saturated rings. The van der Waals surface area contributed by atoms with E-state index in [1.807, 2.05) is 12.1 Å². The first-order chi connectivity index (χ1) is 10.4. The third-order valence-corrected chi connectivity index (χ3v) is 2.61. The lowest BCUT2D eigenvalue weighted by Gasteiger charge is -2.20. The van der Waals surface area contributed by atoms with Crippen LogP contribution in [-0.4, -0.2) is 30.3 Å². The normalized spacial score (nSPS) is 10.4. The Kier molecular flexibility index (Phi) is 6.21. The number of nitrogens with zero attached hydrogens (tertiary/aromatic N) is 3. The van der Waals surface area contributed by atoms with E-state index in [1.54, 1.807) is 0 Å². The average molecular weight is 311 g/mol. The van der Waals surface area contributed by atoms with Gasteiger partial charge in [-0.25, -0.2) is 0 Å². The van der Waals surface area contributed by atoms with Crippen molar-refractivity contribution in [2.75, 3.05) is 13.1 Å². The van der Waals surface area contributed by atoms with Crippen LogP contribution in [-0.2, 0) is 0 Å². The fourth-order valence-corrected chi connectivity index (χ4v) is 1.67. The van der Waals surface area contributed by atoms with Gasteiger partial charge in [0.15, 0.2) is 0 Å². The molecule has 8 heteroatoms. The molecule has 1 amide bonds. The number of rotatable bonds is 6. The number of hydrogen-bond donors (Lipinski definition) is 0. The monoisotopic (exact) mass is 311 g/mol. The topological polar surface area (TPSA) is 77.1 Å². The Bertz CT molecular complexity index is 567. The van der Waals surface area contributed by atoms with Gasteiger partial charge in [0.05, 0.1) is 25.0 Å². The lowest BCUT2D eigenvalue weighted by Crippen LogP contribution is -2.32. The Morgan fingerprint density at radius 2 is 1.59 bits per heavy atom. The van der Waals surface area contributed by atoms with E-state index in [4.69, 9.17) is 10.5 Å². The van der Waals surface area contributed by atoms with Crippen LogP contribution in [0.5, 0.6) is 5.75 Å². The molecule has 116 valence electrons. The van der Waals surface area contributed by atoms with Crippen LogP contribution in [0, 0.1) is 22.7 Å². The van der Waals surface area contributed by atoms with E-state index in [-0.39, 0.29) is 31.5 Å². The highest BCUT2D eigenvalue weighted by molar-refractivity contribution is 5.94. The van der Waals surface area contributed by atoms with E-state index >= 15 is 0 Å². The molecule has 5 nitrogen and oxygen atoms in total. The Labute approximate surface area is 125 Å². The molecule has 0 aliphatic rings. The van der Waals surface area contributed by atoms with Crippen molar-refractivity contribution in [2.45, 2.75) is 19.2 Å². The lowest BCUT2D eigenvalue weighted by atomic mass is 10.2. The van der Waals surface area contributed by atoms with Crippen LogP contribution in [0.2, 0.25) is 0 Å². The van der Waals surface area contributed by atoms with Crippen molar-refractivity contribution >= 4 is 5.91 Å². The van der Waals surface area contributed by atoms with Gasteiger partial charge >= 0.3 is 6.36 Å². The second-order valence-corrected chi connectivity index (χ2v) is 4.18. The highest BCUT2D eigenvalue weighted by Crippen LogP contribution is 2.23. The largest absolute Gasteiger partial charge is 0.573 e. The van der Waals surface area contributed by atoms with Crippen LogP contribution in [0.15, 0.2) is 24.3 Å². The van der Waals surface area contributed by atoms with Gasteiger partial charge in [-0.05, 0) is 24.3 Å². The number of carbonyl (C=O) groups excluding carboxylic acids is 1. The van der Waals surface area contributed by atoms with Crippen molar-refractivity contribution < 1.29 is 22.7 Å². The minimum absolute atomic E-state index is 0.104. The van der Waals surface area contributed by atoms with Crippen LogP contribution >= 0.6 is 0 Å². The van der Waals surface area contributed by atoms with E-state index < -0.39 is 18.0 Å². The van der Waals surface area contributed by atoms with E-state index in [2.05, 4.69) is 4.74 Å². The molecule has 0 saturated heterocycles. The molecule has 1 aromatic rings. The van der Waals surface area contributed by atoms with Gasteiger partial charge in [-0.15, -0.1) is 13.2 Å². The van der Waals surface area contributed by atoms with Crippen molar-refractivity contribution in [1.82, 2.24) is 4.90 Å². The molecule has 0 aromatic heterocycles. The Morgan fingerprint density at radius 3 is 2.00 bits per heavy atom. The van der Waals surface area contributed by atoms with Gasteiger partial charge in [0.1, 0.15) is 5.75 Å². The predicted octanol–water partition coefficient (Wildman–Crippen LogP) is 2.85. The summed E-state index contributed by atoms with van der Waals surface area (Å²) in [4.78, 5) is 13.5. The van der Waals surface area contributed by atoms with Crippen molar-refractivity contribution in [3.8, 4) is 17.9 Å². The average Bonchev–Trinajstić information content (AvgIpc) is 2.46. The molecule has 1 aromatic carbocycles. The standard InChI is InChI=1S/C14H12F3N3O2/c15-14(16,17)22-12-5-3-11(4-6-12)13(21)20(9-1-7-18)10-2-8-19/h3-6H,1-2,9-10H2. The smallest absolute Gasteiger partial charge is 0.406 e. The van der Waals surface area contributed by atoms with Crippen molar-refractivity contribution in [3.63, 3.8) is 0 Å². The third kappa shape index (κ3) is 5.71. The van der Waals surface area contributed by atoms with Crippen molar-refractivity contribution in [3.05, 3.63) is 29.8 Å². The summed E-state index contributed by atoms with van der Waals surface area (Å²) in [6.07, 6.45) is -4.59. The number of carbonyl (C=O) groups is 1. The highest BCUT2D eigenvalue weighted by Gasteiger charge is 2.31. The Balaban J connectivity index is 2.81. The van der Waals surface area contributed by atoms with Gasteiger partial charge in [-0.3, -0.25) is 4.79 Å². The summed E-state index contributed by atoms with van der Waals surface area (Å²) in [6.45, 7) is 0.301. The van der Waals surface area contributed by atoms with E-state index in [0.29, 0.717) is 0 Å². The molecule has 0 aliphatic heterocycles. The van der Waals surface area contributed by atoms with E-state index in [0.717, 1.165) is 12.1 Å². The van der Waals surface area contributed by atoms with Crippen LogP contribution in [0.3, 0.4) is 0 Å². The number of halogens is 3. The van der Waals surface area contributed by atoms with Crippen molar-refractivity contribution in [1.29, 1.82) is 10.5 Å². The quantitative estimate of drug-likeness (QED) is 0.809. The van der Waals surface area contributed by atoms with Crippen LogP contribution in [0.1, 0.15) is 23.2 Å². The van der Waals surface area contributed by atoms with Gasteiger partial charge in [-0.1, -0.05) is 0 Å². The van der Waals surface area contributed by atoms with E-state index in [9.17, 15) is 18.0 Å². The molecule has 0 bridgehead atoms. The van der Waals surface area contributed by atoms with Crippen LogP contribution < -0.4 is 4.74 Å². The van der Waals surface area contributed by atoms with Gasteiger partial charge in [0.2, 0.25) is 0 Å². The zero-order valence-electron chi connectivity index (χ0n) is 11.4. The molecule has 0 N–H and O–H groups in total. The fraction of sp³-hybridized carbons (Fsp3) is 0.357. The Morgan fingerprint density at radius 1 is 1.09 bits per heavy atom. The maximum absolute atomic E-state index is 12.2. The molecule has 1 rings (SSSR count). The second-order valence-electron chi connectivity index (χ2n) is 4.18. The molecule has 0 heterocycles. The fourth-order valence-electron chi connectivity index (χ4n) is 1.67. The second kappa shape index (κ2) is 7.89. The maximum Gasteiger partial charge on any atom is 0.573 e. The first-order valence-electron chi connectivity index (χ1n) is 6.26. The number of benzene rings is 1. The van der Waals surface area contributed by atoms with Crippen LogP contribution in [0.25, 0.3) is 0 Å². The number of ether oxygens (including phenoxy) is 1. The van der Waals surface area contributed by atoms with Gasteiger partial charge in [-0.2, -0.15) is 10.5 Å². The molecule has 0 unspecified atom stereocenters. The summed E-state index contributed by atoms with van der Waals surface area (Å²) in [5, 5.41) is 17.1. The summed E-state index contributed by atoms with van der Waals surface area (Å²) in [7, 11) is 0. The predicted molar refractivity (Wildman–Crippen MR) is 69.5 cm³/mol. The molecule has 0 saturated carbocycles. The summed E-state index contributed by atoms with van der Waals surface area (Å²) in [5.41, 5.74) is 0.158. The molecule has 0 radical (unpaired) electrons. The molecular weight excluding hydrogens is 299 g/mol. The number of amides is 1. The minimum Gasteiger partial charge on any atom is -0.406 e. The Hall–Kier alpha value is -2.74. The molecule has 22 heavy (non-hydrogen) atoms. The van der Waals surface area contributed by atoms with Crippen molar-refractivity contribution in [2.24, 2.45) is 0 Å².